The molecule has 0 amide bonds. The monoisotopic (exact) mass is 194 g/mol. The summed E-state index contributed by atoms with van der Waals surface area (Å²) < 4.78 is 0. The van der Waals surface area contributed by atoms with Crippen molar-refractivity contribution in [3.63, 3.8) is 0 Å². The van der Waals surface area contributed by atoms with E-state index < -0.39 is 7.12 Å². The number of rotatable bonds is 4. The van der Waals surface area contributed by atoms with Crippen LogP contribution in [0.1, 0.15) is 20.8 Å². The average Bonchev–Trinajstić information content (AvgIpc) is 2.21. The molecule has 0 heterocycles. The van der Waals surface area contributed by atoms with Crippen LogP contribution in [0.4, 0.5) is 0 Å². The Labute approximate surface area is 87.1 Å². The van der Waals surface area contributed by atoms with Crippen LogP contribution in [0.25, 0.3) is 0 Å². The molecule has 0 aliphatic rings. The highest BCUT2D eigenvalue weighted by Crippen LogP contribution is 2.11. The van der Waals surface area contributed by atoms with Crippen LogP contribution in [0.2, 0.25) is 0 Å². The van der Waals surface area contributed by atoms with Crippen molar-refractivity contribution in [1.82, 2.24) is 0 Å². The van der Waals surface area contributed by atoms with E-state index in [9.17, 15) is 0 Å². The van der Waals surface area contributed by atoms with Gasteiger partial charge in [0, 0.05) is 0 Å². The largest absolute Gasteiger partial charge is 0.489 e. The smallest absolute Gasteiger partial charge is 0.423 e. The van der Waals surface area contributed by atoms with Crippen molar-refractivity contribution in [2.24, 2.45) is 0 Å². The van der Waals surface area contributed by atoms with Crippen LogP contribution >= 0.6 is 0 Å². The van der Waals surface area contributed by atoms with E-state index in [1.807, 2.05) is 13.8 Å². The molecule has 0 aliphatic heterocycles. The van der Waals surface area contributed by atoms with Crippen molar-refractivity contribution >= 4 is 7.12 Å². The zero-order valence-corrected chi connectivity index (χ0v) is 9.20. The summed E-state index contributed by atoms with van der Waals surface area (Å²) in [7, 11) is -1.48. The minimum absolute atomic E-state index is 0.405. The predicted octanol–water partition coefficient (Wildman–Crippen LogP) is 2.27. The molecule has 0 unspecified atom stereocenters. The minimum atomic E-state index is -1.48. The van der Waals surface area contributed by atoms with Gasteiger partial charge in [-0.3, -0.25) is 0 Å². The first kappa shape index (κ1) is 15.4. The van der Waals surface area contributed by atoms with E-state index in [2.05, 4.69) is 13.2 Å². The Balaban J connectivity index is 0. The molecule has 0 aliphatic carbocycles. The highest BCUT2D eigenvalue weighted by molar-refractivity contribution is 6.52. The molecule has 0 bridgehead atoms. The van der Waals surface area contributed by atoms with Crippen LogP contribution in [0.3, 0.4) is 0 Å². The van der Waals surface area contributed by atoms with Crippen LogP contribution in [0.5, 0.6) is 0 Å². The summed E-state index contributed by atoms with van der Waals surface area (Å²) in [6.07, 6.45) is 6.36. The van der Waals surface area contributed by atoms with Crippen LogP contribution in [-0.4, -0.2) is 17.2 Å². The van der Waals surface area contributed by atoms with Gasteiger partial charge in [0.2, 0.25) is 0 Å². The lowest BCUT2D eigenvalue weighted by molar-refractivity contribution is 0.420. The van der Waals surface area contributed by atoms with Crippen LogP contribution in [0, 0.1) is 0 Å². The van der Waals surface area contributed by atoms with Gasteiger partial charge in [-0.1, -0.05) is 51.3 Å². The number of allylic oxidation sites excluding steroid dienone is 6. The van der Waals surface area contributed by atoms with Crippen molar-refractivity contribution in [1.29, 1.82) is 0 Å². The molecular weight excluding hydrogens is 175 g/mol. The first-order valence-electron chi connectivity index (χ1n) is 4.65. The predicted molar refractivity (Wildman–Crippen MR) is 63.8 cm³/mol. The molecule has 0 aromatic heterocycles. The third kappa shape index (κ3) is 5.57. The van der Waals surface area contributed by atoms with Gasteiger partial charge in [-0.05, 0) is 18.0 Å². The third-order valence-electron chi connectivity index (χ3n) is 1.44. The lowest BCUT2D eigenvalue weighted by Gasteiger charge is -2.05. The molecule has 3 heteroatoms. The van der Waals surface area contributed by atoms with Crippen molar-refractivity contribution in [3.05, 3.63) is 48.5 Å². The van der Waals surface area contributed by atoms with Crippen molar-refractivity contribution < 1.29 is 10.0 Å². The van der Waals surface area contributed by atoms with E-state index in [4.69, 9.17) is 10.0 Å². The van der Waals surface area contributed by atoms with E-state index in [0.717, 1.165) is 0 Å². The minimum Gasteiger partial charge on any atom is -0.423 e. The van der Waals surface area contributed by atoms with Gasteiger partial charge in [0.1, 0.15) is 0 Å². The Hall–Kier alpha value is -1.06. The highest BCUT2D eigenvalue weighted by Gasteiger charge is 2.15. The quantitative estimate of drug-likeness (QED) is 0.532. The van der Waals surface area contributed by atoms with Gasteiger partial charge in [0.15, 0.2) is 0 Å². The molecule has 0 aromatic carbocycles. The third-order valence-corrected chi connectivity index (χ3v) is 1.44. The molecule has 2 nitrogen and oxygen atoms in total. The normalized spacial score (nSPS) is 11.2. The maximum Gasteiger partial charge on any atom is 0.489 e. The highest BCUT2D eigenvalue weighted by atomic mass is 16.4. The fraction of sp³-hybridized carbons (Fsp3) is 0.273. The molecule has 0 rings (SSSR count). The van der Waals surface area contributed by atoms with E-state index in [1.165, 1.54) is 6.08 Å². The summed E-state index contributed by atoms with van der Waals surface area (Å²) in [5.41, 5.74) is 1.10. The topological polar surface area (TPSA) is 40.5 Å². The summed E-state index contributed by atoms with van der Waals surface area (Å²) in [4.78, 5) is 0. The Bertz CT molecular complexity index is 227. The summed E-state index contributed by atoms with van der Waals surface area (Å²) in [6.45, 7) is 12.8. The summed E-state index contributed by atoms with van der Waals surface area (Å²) in [5.74, 6) is 0. The van der Waals surface area contributed by atoms with E-state index in [0.29, 0.717) is 11.0 Å². The van der Waals surface area contributed by atoms with E-state index >= 15 is 0 Å². The molecule has 0 saturated carbocycles. The van der Waals surface area contributed by atoms with Gasteiger partial charge in [0.05, 0.1) is 0 Å². The number of hydrogen-bond acceptors (Lipinski definition) is 2. The standard InChI is InChI=1S/C9H13BO2.C2H6/c1-4-7-9(10(11)12)8(5-2)6-3;1-2/h4-7,11-12H,1-2H2,3H3;1-2H3/b8-6-,9-7+;. The van der Waals surface area contributed by atoms with Crippen LogP contribution in [-0.2, 0) is 0 Å². The van der Waals surface area contributed by atoms with Gasteiger partial charge in [-0.25, -0.2) is 0 Å². The molecule has 0 atom stereocenters. The summed E-state index contributed by atoms with van der Waals surface area (Å²) in [5, 5.41) is 17.9. The van der Waals surface area contributed by atoms with Crippen molar-refractivity contribution in [3.8, 4) is 0 Å². The lowest BCUT2D eigenvalue weighted by Crippen LogP contribution is -2.16. The molecule has 2 N–H and O–H groups in total. The van der Waals surface area contributed by atoms with Gasteiger partial charge in [-0.2, -0.15) is 0 Å². The maximum atomic E-state index is 8.93. The van der Waals surface area contributed by atoms with E-state index in [-0.39, 0.29) is 0 Å². The SMILES string of the molecule is C=C/C=C(B(O)O)\C(C=C)=C/C.CC. The van der Waals surface area contributed by atoms with Crippen molar-refractivity contribution in [2.75, 3.05) is 0 Å². The van der Waals surface area contributed by atoms with Crippen LogP contribution in [0.15, 0.2) is 48.5 Å². The Kier molecular flexibility index (Phi) is 11.0. The van der Waals surface area contributed by atoms with Crippen molar-refractivity contribution in [2.45, 2.75) is 20.8 Å². The molecule has 78 valence electrons. The van der Waals surface area contributed by atoms with E-state index in [1.54, 1.807) is 25.2 Å². The molecule has 0 fully saturated rings. The van der Waals surface area contributed by atoms with Crippen LogP contribution < -0.4 is 0 Å². The zero-order valence-electron chi connectivity index (χ0n) is 9.20. The molecule has 0 aromatic rings. The van der Waals surface area contributed by atoms with Gasteiger partial charge in [-0.15, -0.1) is 0 Å². The second-order valence-electron chi connectivity index (χ2n) is 2.18. The number of hydrogen-bond donors (Lipinski definition) is 2. The molecule has 0 spiro atoms. The lowest BCUT2D eigenvalue weighted by atomic mass is 9.74. The van der Waals surface area contributed by atoms with Gasteiger partial charge in [0.25, 0.3) is 0 Å². The average molecular weight is 194 g/mol. The summed E-state index contributed by atoms with van der Waals surface area (Å²) >= 11 is 0. The molecule has 14 heavy (non-hydrogen) atoms. The second kappa shape index (κ2) is 10.0. The summed E-state index contributed by atoms with van der Waals surface area (Å²) in [6, 6.07) is 0. The first-order valence-corrected chi connectivity index (χ1v) is 4.65. The van der Waals surface area contributed by atoms with Gasteiger partial charge < -0.3 is 10.0 Å². The first-order chi connectivity index (χ1) is 6.67. The maximum absolute atomic E-state index is 8.93. The second-order valence-corrected chi connectivity index (χ2v) is 2.18. The molecular formula is C11H19BO2. The molecule has 0 radical (unpaired) electrons. The molecule has 0 saturated heterocycles. The Morgan fingerprint density at radius 2 is 1.71 bits per heavy atom. The Morgan fingerprint density at radius 1 is 1.21 bits per heavy atom. The fourth-order valence-electron chi connectivity index (χ4n) is 0.861. The Morgan fingerprint density at radius 3 is 1.93 bits per heavy atom. The van der Waals surface area contributed by atoms with Gasteiger partial charge >= 0.3 is 7.12 Å². The zero-order chi connectivity index (χ0) is 11.6. The fourth-order valence-corrected chi connectivity index (χ4v) is 0.861.